The van der Waals surface area contributed by atoms with E-state index in [1.165, 1.54) is 10.6 Å². The highest BCUT2D eigenvalue weighted by Crippen LogP contribution is 2.20. The molecule has 1 aromatic heterocycles. The second-order valence-electron chi connectivity index (χ2n) is 6.36. The maximum atomic E-state index is 12.2. The number of benzene rings is 2. The van der Waals surface area contributed by atoms with Crippen LogP contribution in [-0.2, 0) is 27.8 Å². The number of nitrogens with zero attached hydrogens (tertiary/aromatic N) is 1. The van der Waals surface area contributed by atoms with Crippen molar-refractivity contribution in [3.63, 3.8) is 0 Å². The number of carbonyl (C=O) groups is 1. The van der Waals surface area contributed by atoms with Crippen LogP contribution >= 0.6 is 0 Å². The van der Waals surface area contributed by atoms with Gasteiger partial charge in [0.25, 0.3) is 0 Å². The molecule has 8 nitrogen and oxygen atoms in total. The van der Waals surface area contributed by atoms with Crippen molar-refractivity contribution >= 4 is 32.7 Å². The van der Waals surface area contributed by atoms with Gasteiger partial charge >= 0.3 is 5.76 Å². The average molecular weight is 403 g/mol. The van der Waals surface area contributed by atoms with E-state index in [4.69, 9.17) is 9.56 Å². The molecule has 0 atom stereocenters. The third kappa shape index (κ3) is 4.32. The number of para-hydroxylation sites is 2. The molecule has 28 heavy (non-hydrogen) atoms. The van der Waals surface area contributed by atoms with Crippen molar-refractivity contribution in [1.82, 2.24) is 4.57 Å². The van der Waals surface area contributed by atoms with E-state index >= 15 is 0 Å². The number of sulfonamides is 1. The molecule has 9 heteroatoms. The second-order valence-corrected chi connectivity index (χ2v) is 7.89. The Hall–Kier alpha value is -2.91. The monoisotopic (exact) mass is 403 g/mol. The maximum absolute atomic E-state index is 12.2. The van der Waals surface area contributed by atoms with Gasteiger partial charge in [-0.25, -0.2) is 18.4 Å². The Balaban J connectivity index is 1.65. The number of oxazole rings is 1. The molecule has 0 saturated heterocycles. The van der Waals surface area contributed by atoms with Crippen LogP contribution in [0.25, 0.3) is 11.1 Å². The minimum absolute atomic E-state index is 0.00391. The fourth-order valence-corrected chi connectivity index (χ4v) is 3.91. The third-order valence-corrected chi connectivity index (χ3v) is 5.39. The van der Waals surface area contributed by atoms with E-state index in [1.807, 2.05) is 13.0 Å². The number of aryl methyl sites for hydroxylation is 2. The smallest absolute Gasteiger partial charge is 0.408 e. The Kier molecular flexibility index (Phi) is 5.66. The molecule has 0 bridgehead atoms. The summed E-state index contributed by atoms with van der Waals surface area (Å²) < 4.78 is 30.1. The standard InChI is InChI=1S/C19H21N3O5S/c1-2-13-9-10-14(12-17(13)28(20,25)26)21-18(23)8-5-11-22-15-6-3-4-7-16(15)27-19(22)24/h3-4,6-7,9-10,12H,2,5,8,11H2,1H3,(H,21,23)(H2,20,25,26). The van der Waals surface area contributed by atoms with Crippen LogP contribution in [0.4, 0.5) is 5.69 Å². The Morgan fingerprint density at radius 3 is 2.68 bits per heavy atom. The van der Waals surface area contributed by atoms with Crippen LogP contribution in [-0.4, -0.2) is 18.9 Å². The van der Waals surface area contributed by atoms with Crippen LogP contribution in [0, 0.1) is 0 Å². The summed E-state index contributed by atoms with van der Waals surface area (Å²) >= 11 is 0. The van der Waals surface area contributed by atoms with E-state index in [-0.39, 0.29) is 17.2 Å². The predicted molar refractivity (Wildman–Crippen MR) is 106 cm³/mol. The minimum atomic E-state index is -3.88. The van der Waals surface area contributed by atoms with E-state index in [0.717, 1.165) is 0 Å². The second kappa shape index (κ2) is 7.99. The number of rotatable bonds is 7. The number of amides is 1. The van der Waals surface area contributed by atoms with Crippen molar-refractivity contribution in [2.75, 3.05) is 5.32 Å². The number of carbonyl (C=O) groups excluding carboxylic acids is 1. The summed E-state index contributed by atoms with van der Waals surface area (Å²) in [7, 11) is -3.88. The number of nitrogens with two attached hydrogens (primary N) is 1. The first-order valence-corrected chi connectivity index (χ1v) is 10.4. The van der Waals surface area contributed by atoms with Crippen LogP contribution in [0.5, 0.6) is 0 Å². The lowest BCUT2D eigenvalue weighted by atomic mass is 10.1. The number of fused-ring (bicyclic) bond motifs is 1. The zero-order chi connectivity index (χ0) is 20.3. The molecule has 148 valence electrons. The van der Waals surface area contributed by atoms with Gasteiger partial charge in [0, 0.05) is 18.7 Å². The molecular weight excluding hydrogens is 382 g/mol. The van der Waals surface area contributed by atoms with Gasteiger partial charge in [-0.3, -0.25) is 9.36 Å². The molecule has 3 rings (SSSR count). The summed E-state index contributed by atoms with van der Waals surface area (Å²) in [6, 6.07) is 11.7. The van der Waals surface area contributed by atoms with Crippen molar-refractivity contribution in [1.29, 1.82) is 0 Å². The molecular formula is C19H21N3O5S. The van der Waals surface area contributed by atoms with Gasteiger partial charge in [0.1, 0.15) is 0 Å². The Bertz CT molecular complexity index is 1180. The van der Waals surface area contributed by atoms with Gasteiger partial charge < -0.3 is 9.73 Å². The fourth-order valence-electron chi connectivity index (χ4n) is 3.04. The molecule has 1 heterocycles. The summed E-state index contributed by atoms with van der Waals surface area (Å²) in [6.45, 7) is 2.16. The number of hydrogen-bond acceptors (Lipinski definition) is 5. The summed E-state index contributed by atoms with van der Waals surface area (Å²) in [4.78, 5) is 24.1. The first-order chi connectivity index (χ1) is 13.3. The van der Waals surface area contributed by atoms with Crippen molar-refractivity contribution in [3.8, 4) is 0 Å². The van der Waals surface area contributed by atoms with Gasteiger partial charge in [0.2, 0.25) is 15.9 Å². The van der Waals surface area contributed by atoms with E-state index in [1.54, 1.807) is 30.3 Å². The molecule has 0 saturated carbocycles. The number of aromatic nitrogens is 1. The third-order valence-electron chi connectivity index (χ3n) is 4.40. The van der Waals surface area contributed by atoms with Gasteiger partial charge in [0.05, 0.1) is 10.4 Å². The lowest BCUT2D eigenvalue weighted by Crippen LogP contribution is -2.18. The molecule has 1 amide bonds. The van der Waals surface area contributed by atoms with Crippen molar-refractivity contribution < 1.29 is 17.6 Å². The predicted octanol–water partition coefficient (Wildman–Crippen LogP) is 2.22. The number of hydrogen-bond donors (Lipinski definition) is 2. The van der Waals surface area contributed by atoms with Crippen LogP contribution in [0.1, 0.15) is 25.3 Å². The van der Waals surface area contributed by atoms with Crippen LogP contribution in [0.3, 0.4) is 0 Å². The molecule has 0 aliphatic rings. The zero-order valence-corrected chi connectivity index (χ0v) is 16.2. The lowest BCUT2D eigenvalue weighted by Gasteiger charge is -2.10. The first kappa shape index (κ1) is 19.8. The summed E-state index contributed by atoms with van der Waals surface area (Å²) in [6.07, 6.45) is 1.09. The van der Waals surface area contributed by atoms with E-state index in [2.05, 4.69) is 5.32 Å². The van der Waals surface area contributed by atoms with Gasteiger partial charge in [-0.1, -0.05) is 25.1 Å². The van der Waals surface area contributed by atoms with Crippen molar-refractivity contribution in [2.24, 2.45) is 5.14 Å². The molecule has 3 aromatic rings. The molecule has 0 fully saturated rings. The van der Waals surface area contributed by atoms with Crippen LogP contribution in [0.2, 0.25) is 0 Å². The molecule has 0 aliphatic heterocycles. The highest BCUT2D eigenvalue weighted by molar-refractivity contribution is 7.89. The molecule has 0 radical (unpaired) electrons. The Labute approximate surface area is 162 Å². The average Bonchev–Trinajstić information content (AvgIpc) is 2.96. The minimum Gasteiger partial charge on any atom is -0.408 e. The SMILES string of the molecule is CCc1ccc(NC(=O)CCCn2c(=O)oc3ccccc32)cc1S(N)(=O)=O. The largest absolute Gasteiger partial charge is 0.419 e. The van der Waals surface area contributed by atoms with Gasteiger partial charge in [-0.15, -0.1) is 0 Å². The van der Waals surface area contributed by atoms with Crippen LogP contribution < -0.4 is 16.2 Å². The number of nitrogens with one attached hydrogen (secondary N) is 1. The maximum Gasteiger partial charge on any atom is 0.419 e. The number of primary sulfonamides is 1. The Morgan fingerprint density at radius 1 is 1.21 bits per heavy atom. The van der Waals surface area contributed by atoms with Gasteiger partial charge in [-0.05, 0) is 42.7 Å². The topological polar surface area (TPSA) is 124 Å². The summed E-state index contributed by atoms with van der Waals surface area (Å²) in [5.41, 5.74) is 2.13. The molecule has 2 aromatic carbocycles. The van der Waals surface area contributed by atoms with Crippen LogP contribution in [0.15, 0.2) is 56.6 Å². The zero-order valence-electron chi connectivity index (χ0n) is 15.3. The molecule has 0 spiro atoms. The number of anilines is 1. The van der Waals surface area contributed by atoms with E-state index < -0.39 is 15.8 Å². The van der Waals surface area contributed by atoms with Gasteiger partial charge in [-0.2, -0.15) is 0 Å². The lowest BCUT2D eigenvalue weighted by molar-refractivity contribution is -0.116. The van der Waals surface area contributed by atoms with Crippen molar-refractivity contribution in [3.05, 3.63) is 58.6 Å². The summed E-state index contributed by atoms with van der Waals surface area (Å²) in [5, 5.41) is 7.91. The van der Waals surface area contributed by atoms with E-state index in [9.17, 15) is 18.0 Å². The molecule has 0 unspecified atom stereocenters. The molecule has 3 N–H and O–H groups in total. The quantitative estimate of drug-likeness (QED) is 0.626. The summed E-state index contributed by atoms with van der Waals surface area (Å²) in [5.74, 6) is -0.750. The fraction of sp³-hybridized carbons (Fsp3) is 0.263. The first-order valence-electron chi connectivity index (χ1n) is 8.83. The van der Waals surface area contributed by atoms with Gasteiger partial charge in [0.15, 0.2) is 5.58 Å². The highest BCUT2D eigenvalue weighted by Gasteiger charge is 2.15. The van der Waals surface area contributed by atoms with Crippen molar-refractivity contribution in [2.45, 2.75) is 37.6 Å². The van der Waals surface area contributed by atoms with E-state index in [0.29, 0.717) is 41.7 Å². The Morgan fingerprint density at radius 2 is 1.96 bits per heavy atom. The highest BCUT2D eigenvalue weighted by atomic mass is 32.2. The normalized spacial score (nSPS) is 11.6. The molecule has 0 aliphatic carbocycles.